The first-order chi connectivity index (χ1) is 7.75. The predicted molar refractivity (Wildman–Crippen MR) is 65.2 cm³/mol. The average molecular weight is 217 g/mol. The number of ether oxygens (including phenoxy) is 1. The molecule has 4 heteroatoms. The van der Waals surface area contributed by atoms with Crippen molar-refractivity contribution in [3.05, 3.63) is 42.7 Å². The van der Waals surface area contributed by atoms with E-state index in [1.807, 2.05) is 29.1 Å². The minimum absolute atomic E-state index is 0.576. The second-order valence-corrected chi connectivity index (χ2v) is 3.57. The lowest BCUT2D eigenvalue weighted by Gasteiger charge is -2.09. The highest BCUT2D eigenvalue weighted by Gasteiger charge is 2.00. The van der Waals surface area contributed by atoms with Crippen molar-refractivity contribution >= 4 is 11.4 Å². The van der Waals surface area contributed by atoms with Crippen molar-refractivity contribution in [2.24, 2.45) is 0 Å². The third kappa shape index (κ3) is 2.48. The van der Waals surface area contributed by atoms with Gasteiger partial charge in [0.2, 0.25) is 0 Å². The Morgan fingerprint density at radius 2 is 1.88 bits per heavy atom. The van der Waals surface area contributed by atoms with Gasteiger partial charge in [0.05, 0.1) is 12.2 Å². The molecular weight excluding hydrogens is 202 g/mol. The Hall–Kier alpha value is -2.10. The topological polar surface area (TPSA) is 66.2 Å². The van der Waals surface area contributed by atoms with Gasteiger partial charge in [-0.1, -0.05) is 0 Å². The standard InChI is InChI=1S/C12H15N3O/c13-10-3-4-12(11(14)9-10)16-8-7-15-5-1-2-6-15/h1-6,9H,7-8,13-14H2. The highest BCUT2D eigenvalue weighted by atomic mass is 16.5. The third-order valence-electron chi connectivity index (χ3n) is 2.31. The van der Waals surface area contributed by atoms with Crippen LogP contribution in [0.2, 0.25) is 0 Å². The van der Waals surface area contributed by atoms with Crippen LogP contribution in [0.25, 0.3) is 0 Å². The molecule has 84 valence electrons. The second kappa shape index (κ2) is 4.61. The molecule has 0 amide bonds. The smallest absolute Gasteiger partial charge is 0.142 e. The molecule has 0 unspecified atom stereocenters. The minimum Gasteiger partial charge on any atom is -0.490 e. The van der Waals surface area contributed by atoms with Crippen LogP contribution >= 0.6 is 0 Å². The largest absolute Gasteiger partial charge is 0.490 e. The van der Waals surface area contributed by atoms with Crippen molar-refractivity contribution < 1.29 is 4.74 Å². The summed E-state index contributed by atoms with van der Waals surface area (Å²) in [7, 11) is 0. The number of rotatable bonds is 4. The van der Waals surface area contributed by atoms with Gasteiger partial charge in [-0.05, 0) is 30.3 Å². The summed E-state index contributed by atoms with van der Waals surface area (Å²) in [6.07, 6.45) is 3.99. The van der Waals surface area contributed by atoms with Gasteiger partial charge in [0.15, 0.2) is 0 Å². The lowest BCUT2D eigenvalue weighted by Crippen LogP contribution is -2.07. The number of nitrogen functional groups attached to an aromatic ring is 2. The summed E-state index contributed by atoms with van der Waals surface area (Å²) in [4.78, 5) is 0. The van der Waals surface area contributed by atoms with E-state index in [4.69, 9.17) is 16.2 Å². The molecule has 0 saturated heterocycles. The summed E-state index contributed by atoms with van der Waals surface area (Å²) in [6, 6.07) is 9.24. The molecule has 0 fully saturated rings. The molecule has 16 heavy (non-hydrogen) atoms. The van der Waals surface area contributed by atoms with Crippen molar-refractivity contribution in [2.75, 3.05) is 18.1 Å². The van der Waals surface area contributed by atoms with Crippen LogP contribution in [0.1, 0.15) is 0 Å². The first kappa shape index (κ1) is 10.4. The van der Waals surface area contributed by atoms with E-state index in [9.17, 15) is 0 Å². The molecule has 0 bridgehead atoms. The zero-order valence-electron chi connectivity index (χ0n) is 8.97. The molecule has 1 aromatic heterocycles. The maximum Gasteiger partial charge on any atom is 0.142 e. The van der Waals surface area contributed by atoms with Crippen molar-refractivity contribution in [3.63, 3.8) is 0 Å². The number of anilines is 2. The summed E-state index contributed by atoms with van der Waals surface area (Å²) in [5.74, 6) is 0.682. The predicted octanol–water partition coefficient (Wildman–Crippen LogP) is 1.73. The van der Waals surface area contributed by atoms with Crippen molar-refractivity contribution in [2.45, 2.75) is 6.54 Å². The molecule has 4 nitrogen and oxygen atoms in total. The molecule has 0 spiro atoms. The zero-order valence-corrected chi connectivity index (χ0v) is 8.97. The Labute approximate surface area is 94.4 Å². The van der Waals surface area contributed by atoms with E-state index in [-0.39, 0.29) is 0 Å². The number of hydrogen-bond acceptors (Lipinski definition) is 3. The van der Waals surface area contributed by atoms with Gasteiger partial charge >= 0.3 is 0 Å². The van der Waals surface area contributed by atoms with Gasteiger partial charge in [-0.25, -0.2) is 0 Å². The van der Waals surface area contributed by atoms with Gasteiger partial charge in [-0.2, -0.15) is 0 Å². The van der Waals surface area contributed by atoms with Gasteiger partial charge in [0, 0.05) is 18.1 Å². The third-order valence-corrected chi connectivity index (χ3v) is 2.31. The van der Waals surface area contributed by atoms with Gasteiger partial charge in [0.25, 0.3) is 0 Å². The van der Waals surface area contributed by atoms with Crippen LogP contribution in [0.5, 0.6) is 5.75 Å². The summed E-state index contributed by atoms with van der Waals surface area (Å²) in [6.45, 7) is 1.39. The Morgan fingerprint density at radius 1 is 1.12 bits per heavy atom. The van der Waals surface area contributed by atoms with Gasteiger partial charge in [-0.3, -0.25) is 0 Å². The van der Waals surface area contributed by atoms with E-state index in [1.165, 1.54) is 0 Å². The normalized spacial score (nSPS) is 10.2. The lowest BCUT2D eigenvalue weighted by atomic mass is 10.2. The fraction of sp³-hybridized carbons (Fsp3) is 0.167. The Bertz CT molecular complexity index is 451. The fourth-order valence-electron chi connectivity index (χ4n) is 1.48. The number of nitrogens with two attached hydrogens (primary N) is 2. The summed E-state index contributed by atoms with van der Waals surface area (Å²) in [5, 5.41) is 0. The SMILES string of the molecule is Nc1ccc(OCCn2cccc2)c(N)c1. The molecule has 0 aliphatic rings. The molecule has 1 heterocycles. The van der Waals surface area contributed by atoms with E-state index in [0.29, 0.717) is 23.7 Å². The molecule has 0 radical (unpaired) electrons. The quantitative estimate of drug-likeness (QED) is 0.766. The number of nitrogens with zero attached hydrogens (tertiary/aromatic N) is 1. The molecule has 4 N–H and O–H groups in total. The summed E-state index contributed by atoms with van der Waals surface area (Å²) in [5.41, 5.74) is 12.6. The van der Waals surface area contributed by atoms with E-state index < -0.39 is 0 Å². The molecule has 0 saturated carbocycles. The summed E-state index contributed by atoms with van der Waals surface area (Å²) < 4.78 is 7.61. The molecule has 0 atom stereocenters. The van der Waals surface area contributed by atoms with Crippen molar-refractivity contribution in [3.8, 4) is 5.75 Å². The molecular formula is C12H15N3O. The van der Waals surface area contributed by atoms with Crippen LogP contribution in [0.15, 0.2) is 42.7 Å². The van der Waals surface area contributed by atoms with Crippen molar-refractivity contribution in [1.82, 2.24) is 4.57 Å². The Kier molecular flexibility index (Phi) is 3.00. The molecule has 1 aromatic carbocycles. The Morgan fingerprint density at radius 3 is 2.56 bits per heavy atom. The first-order valence-corrected chi connectivity index (χ1v) is 5.14. The van der Waals surface area contributed by atoms with Gasteiger partial charge in [-0.15, -0.1) is 0 Å². The summed E-state index contributed by atoms with van der Waals surface area (Å²) >= 11 is 0. The Balaban J connectivity index is 1.90. The maximum absolute atomic E-state index is 5.77. The van der Waals surface area contributed by atoms with Crippen LogP contribution in [-0.4, -0.2) is 11.2 Å². The minimum atomic E-state index is 0.576. The monoisotopic (exact) mass is 217 g/mol. The first-order valence-electron chi connectivity index (χ1n) is 5.14. The second-order valence-electron chi connectivity index (χ2n) is 3.57. The lowest BCUT2D eigenvalue weighted by molar-refractivity contribution is 0.300. The van der Waals surface area contributed by atoms with Crippen LogP contribution in [0.4, 0.5) is 11.4 Å². The molecule has 0 aliphatic carbocycles. The number of hydrogen-bond donors (Lipinski definition) is 2. The fourth-order valence-corrected chi connectivity index (χ4v) is 1.48. The number of aromatic nitrogens is 1. The van der Waals surface area contributed by atoms with Crippen LogP contribution < -0.4 is 16.2 Å². The van der Waals surface area contributed by atoms with E-state index in [2.05, 4.69) is 0 Å². The van der Waals surface area contributed by atoms with Crippen LogP contribution in [0.3, 0.4) is 0 Å². The molecule has 0 aliphatic heterocycles. The number of benzene rings is 1. The van der Waals surface area contributed by atoms with Gasteiger partial charge in [0.1, 0.15) is 12.4 Å². The maximum atomic E-state index is 5.77. The van der Waals surface area contributed by atoms with E-state index in [1.54, 1.807) is 18.2 Å². The molecule has 2 aromatic rings. The van der Waals surface area contributed by atoms with E-state index in [0.717, 1.165) is 6.54 Å². The molecule has 2 rings (SSSR count). The van der Waals surface area contributed by atoms with Crippen LogP contribution in [-0.2, 0) is 6.54 Å². The van der Waals surface area contributed by atoms with E-state index >= 15 is 0 Å². The van der Waals surface area contributed by atoms with Crippen LogP contribution in [0, 0.1) is 0 Å². The highest BCUT2D eigenvalue weighted by Crippen LogP contribution is 2.23. The zero-order chi connectivity index (χ0) is 11.4. The van der Waals surface area contributed by atoms with Crippen molar-refractivity contribution in [1.29, 1.82) is 0 Å². The average Bonchev–Trinajstić information content (AvgIpc) is 2.74. The highest BCUT2D eigenvalue weighted by molar-refractivity contribution is 5.60. The van der Waals surface area contributed by atoms with Gasteiger partial charge < -0.3 is 20.8 Å².